The molecule has 0 aromatic carbocycles. The van der Waals surface area contributed by atoms with Crippen LogP contribution in [0, 0.1) is 12.8 Å². The number of carbonyl (C=O) groups excluding carboxylic acids is 2. The fourth-order valence-electron chi connectivity index (χ4n) is 2.17. The number of amides is 1. The maximum absolute atomic E-state index is 12.0. The second kappa shape index (κ2) is 5.07. The van der Waals surface area contributed by atoms with Crippen LogP contribution in [0.25, 0.3) is 0 Å². The minimum absolute atomic E-state index is 0.0251. The molecule has 2 N–H and O–H groups in total. The number of anilines is 1. The molecule has 2 heterocycles. The Balaban J connectivity index is 2.36. The molecule has 98 valence electrons. The van der Waals surface area contributed by atoms with Gasteiger partial charge in [0.2, 0.25) is 5.91 Å². The lowest BCUT2D eigenvalue weighted by atomic mass is 10.1. The van der Waals surface area contributed by atoms with Crippen molar-refractivity contribution in [1.82, 2.24) is 0 Å². The third-order valence-electron chi connectivity index (χ3n) is 3.12. The number of thiophene rings is 1. The van der Waals surface area contributed by atoms with E-state index >= 15 is 0 Å². The van der Waals surface area contributed by atoms with E-state index in [0.29, 0.717) is 30.1 Å². The Morgan fingerprint density at radius 1 is 1.67 bits per heavy atom. The predicted molar refractivity (Wildman–Crippen MR) is 69.9 cm³/mol. The van der Waals surface area contributed by atoms with Gasteiger partial charge in [-0.3, -0.25) is 4.79 Å². The van der Waals surface area contributed by atoms with Gasteiger partial charge in [0, 0.05) is 13.0 Å². The number of hydrogen-bond acceptors (Lipinski definition) is 5. The Kier molecular flexibility index (Phi) is 3.68. The second-order valence-corrected chi connectivity index (χ2v) is 5.28. The summed E-state index contributed by atoms with van der Waals surface area (Å²) in [6.45, 7) is 2.96. The number of aryl methyl sites for hydroxylation is 1. The number of carbonyl (C=O) groups is 2. The van der Waals surface area contributed by atoms with Crippen LogP contribution in [0.2, 0.25) is 0 Å². The zero-order valence-electron chi connectivity index (χ0n) is 10.4. The fourth-order valence-corrected chi connectivity index (χ4v) is 3.14. The molecule has 1 aliphatic rings. The quantitative estimate of drug-likeness (QED) is 0.835. The third kappa shape index (κ3) is 2.13. The first-order valence-electron chi connectivity index (χ1n) is 5.75. The average molecular weight is 268 g/mol. The van der Waals surface area contributed by atoms with Gasteiger partial charge in [0.25, 0.3) is 0 Å². The van der Waals surface area contributed by atoms with E-state index in [1.807, 2.05) is 12.3 Å². The molecule has 0 spiro atoms. The lowest BCUT2D eigenvalue weighted by molar-refractivity contribution is -0.117. The van der Waals surface area contributed by atoms with E-state index in [9.17, 15) is 9.59 Å². The summed E-state index contributed by atoms with van der Waals surface area (Å²) < 4.78 is 4.75. The van der Waals surface area contributed by atoms with Crippen LogP contribution < -0.4 is 10.6 Å². The van der Waals surface area contributed by atoms with Gasteiger partial charge in [-0.15, -0.1) is 11.3 Å². The van der Waals surface area contributed by atoms with E-state index in [1.54, 1.807) is 4.90 Å². The van der Waals surface area contributed by atoms with E-state index in [1.165, 1.54) is 18.4 Å². The number of nitrogens with zero attached hydrogens (tertiary/aromatic N) is 1. The van der Waals surface area contributed by atoms with E-state index in [2.05, 4.69) is 0 Å². The minimum Gasteiger partial charge on any atom is -0.465 e. The molecular weight excluding hydrogens is 252 g/mol. The van der Waals surface area contributed by atoms with Crippen molar-refractivity contribution in [2.75, 3.05) is 25.1 Å². The van der Waals surface area contributed by atoms with E-state index in [-0.39, 0.29) is 11.8 Å². The summed E-state index contributed by atoms with van der Waals surface area (Å²) in [4.78, 5) is 25.8. The lowest BCUT2D eigenvalue weighted by Gasteiger charge is -2.18. The number of hydrogen-bond donors (Lipinski definition) is 1. The molecule has 1 aliphatic heterocycles. The summed E-state index contributed by atoms with van der Waals surface area (Å²) in [6.07, 6.45) is 0.451. The van der Waals surface area contributed by atoms with Crippen molar-refractivity contribution in [3.8, 4) is 0 Å². The predicted octanol–water partition coefficient (Wildman–Crippen LogP) is 1.15. The molecule has 2 rings (SSSR count). The van der Waals surface area contributed by atoms with Gasteiger partial charge in [-0.25, -0.2) is 4.79 Å². The highest BCUT2D eigenvalue weighted by Crippen LogP contribution is 2.35. The van der Waals surface area contributed by atoms with Crippen LogP contribution in [0.5, 0.6) is 0 Å². The number of rotatable bonds is 3. The highest BCUT2D eigenvalue weighted by Gasteiger charge is 2.33. The first-order chi connectivity index (χ1) is 8.58. The van der Waals surface area contributed by atoms with Gasteiger partial charge in [-0.05, 0) is 30.3 Å². The largest absolute Gasteiger partial charge is 0.465 e. The molecule has 1 amide bonds. The molecule has 1 saturated heterocycles. The van der Waals surface area contributed by atoms with Gasteiger partial charge in [0.05, 0.1) is 12.8 Å². The monoisotopic (exact) mass is 268 g/mol. The summed E-state index contributed by atoms with van der Waals surface area (Å²) in [5, 5.41) is 1.87. The van der Waals surface area contributed by atoms with Crippen molar-refractivity contribution in [2.45, 2.75) is 13.3 Å². The summed E-state index contributed by atoms with van der Waals surface area (Å²) >= 11 is 1.31. The maximum Gasteiger partial charge on any atom is 0.350 e. The van der Waals surface area contributed by atoms with Crippen LogP contribution in [0.3, 0.4) is 0 Å². The van der Waals surface area contributed by atoms with Gasteiger partial charge in [-0.1, -0.05) is 0 Å². The Morgan fingerprint density at radius 2 is 2.39 bits per heavy atom. The molecule has 1 aromatic rings. The molecule has 1 atom stereocenters. The Labute approximate surface area is 110 Å². The number of nitrogens with two attached hydrogens (primary N) is 1. The van der Waals surface area contributed by atoms with E-state index in [4.69, 9.17) is 10.5 Å². The zero-order valence-corrected chi connectivity index (χ0v) is 11.3. The molecule has 0 radical (unpaired) electrons. The SMILES string of the molecule is COC(=O)c1scc(C)c1N1CC(CN)CC1=O. The van der Waals surface area contributed by atoms with Crippen LogP contribution in [0.1, 0.15) is 21.7 Å². The summed E-state index contributed by atoms with van der Waals surface area (Å²) in [7, 11) is 1.34. The number of ether oxygens (including phenoxy) is 1. The van der Waals surface area contributed by atoms with Crippen molar-refractivity contribution in [1.29, 1.82) is 0 Å². The average Bonchev–Trinajstić information content (AvgIpc) is 2.91. The van der Waals surface area contributed by atoms with Gasteiger partial charge in [0.1, 0.15) is 4.88 Å². The normalized spacial score (nSPS) is 19.4. The Morgan fingerprint density at radius 3 is 2.94 bits per heavy atom. The first kappa shape index (κ1) is 13.0. The van der Waals surface area contributed by atoms with Crippen molar-refractivity contribution >= 4 is 28.9 Å². The molecule has 0 saturated carbocycles. The lowest BCUT2D eigenvalue weighted by Crippen LogP contribution is -2.27. The standard InChI is InChI=1S/C12H16N2O3S/c1-7-6-18-11(12(16)17-2)10(7)14-5-8(4-13)3-9(14)15/h6,8H,3-5,13H2,1-2H3. The third-order valence-corrected chi connectivity index (χ3v) is 4.19. The molecule has 6 heteroatoms. The molecule has 0 aliphatic carbocycles. The summed E-state index contributed by atoms with van der Waals surface area (Å²) in [5.74, 6) is -0.202. The molecule has 18 heavy (non-hydrogen) atoms. The smallest absolute Gasteiger partial charge is 0.350 e. The van der Waals surface area contributed by atoms with Crippen molar-refractivity contribution < 1.29 is 14.3 Å². The highest BCUT2D eigenvalue weighted by atomic mass is 32.1. The highest BCUT2D eigenvalue weighted by molar-refractivity contribution is 7.12. The van der Waals surface area contributed by atoms with Crippen LogP contribution in [0.15, 0.2) is 5.38 Å². The maximum atomic E-state index is 12.0. The van der Waals surface area contributed by atoms with E-state index in [0.717, 1.165) is 5.56 Å². The zero-order chi connectivity index (χ0) is 13.3. The van der Waals surface area contributed by atoms with Crippen LogP contribution >= 0.6 is 11.3 Å². The van der Waals surface area contributed by atoms with Crippen molar-refractivity contribution in [3.63, 3.8) is 0 Å². The van der Waals surface area contributed by atoms with E-state index < -0.39 is 5.97 Å². The Hall–Kier alpha value is -1.40. The fraction of sp³-hybridized carbons (Fsp3) is 0.500. The summed E-state index contributed by atoms with van der Waals surface area (Å²) in [5.41, 5.74) is 7.22. The van der Waals surface area contributed by atoms with Gasteiger partial charge >= 0.3 is 5.97 Å². The molecule has 1 unspecified atom stereocenters. The Bertz CT molecular complexity index is 484. The number of methoxy groups -OCH3 is 1. The molecule has 1 aromatic heterocycles. The van der Waals surface area contributed by atoms with Crippen LogP contribution in [0.4, 0.5) is 5.69 Å². The van der Waals surface area contributed by atoms with Crippen molar-refractivity contribution in [3.05, 3.63) is 15.8 Å². The molecular formula is C12H16N2O3S. The first-order valence-corrected chi connectivity index (χ1v) is 6.63. The molecule has 1 fully saturated rings. The summed E-state index contributed by atoms with van der Waals surface area (Å²) in [6, 6.07) is 0. The van der Waals surface area contributed by atoms with Crippen molar-refractivity contribution in [2.24, 2.45) is 11.7 Å². The van der Waals surface area contributed by atoms with Gasteiger partial charge in [-0.2, -0.15) is 0 Å². The second-order valence-electron chi connectivity index (χ2n) is 4.40. The number of esters is 1. The topological polar surface area (TPSA) is 72.6 Å². The molecule has 0 bridgehead atoms. The van der Waals surface area contributed by atoms with Gasteiger partial charge in [0.15, 0.2) is 0 Å². The van der Waals surface area contributed by atoms with Crippen LogP contribution in [-0.2, 0) is 9.53 Å². The minimum atomic E-state index is -0.396. The van der Waals surface area contributed by atoms with Crippen LogP contribution in [-0.4, -0.2) is 32.1 Å². The molecule has 5 nitrogen and oxygen atoms in total. The van der Waals surface area contributed by atoms with Gasteiger partial charge < -0.3 is 15.4 Å².